The molecular weight excluding hydrogens is 344 g/mol. The maximum absolute atomic E-state index is 13.7. The molecule has 3 rings (SSSR count). The highest BCUT2D eigenvalue weighted by Gasteiger charge is 2.19. The van der Waals surface area contributed by atoms with Crippen molar-refractivity contribution in [1.82, 2.24) is 15.4 Å². The van der Waals surface area contributed by atoms with Gasteiger partial charge in [0.1, 0.15) is 29.7 Å². The molecule has 1 heterocycles. The number of carbonyl (C=O) groups is 1. The van der Waals surface area contributed by atoms with E-state index in [0.717, 1.165) is 0 Å². The van der Waals surface area contributed by atoms with Gasteiger partial charge in [0.25, 0.3) is 0 Å². The van der Waals surface area contributed by atoms with Crippen molar-refractivity contribution >= 4 is 5.97 Å². The molecule has 1 aromatic heterocycles. The van der Waals surface area contributed by atoms with Gasteiger partial charge in [0, 0.05) is 5.56 Å². The highest BCUT2D eigenvalue weighted by molar-refractivity contribution is 5.93. The fourth-order valence-corrected chi connectivity index (χ4v) is 2.33. The Morgan fingerprint density at radius 3 is 2.58 bits per heavy atom. The van der Waals surface area contributed by atoms with Crippen LogP contribution >= 0.6 is 0 Å². The SMILES string of the molecule is CCOC(=O)c1n[nH]nc1-c1cccc(OCc2c(F)cccc2F)c1. The second kappa shape index (κ2) is 7.73. The van der Waals surface area contributed by atoms with Crippen LogP contribution in [0.2, 0.25) is 0 Å². The van der Waals surface area contributed by atoms with Gasteiger partial charge in [-0.1, -0.05) is 18.2 Å². The lowest BCUT2D eigenvalue weighted by molar-refractivity contribution is 0.0520. The maximum atomic E-state index is 13.7. The number of ether oxygens (including phenoxy) is 2. The van der Waals surface area contributed by atoms with E-state index in [4.69, 9.17) is 9.47 Å². The molecule has 26 heavy (non-hydrogen) atoms. The number of H-pyrrole nitrogens is 1. The van der Waals surface area contributed by atoms with Crippen LogP contribution < -0.4 is 4.74 Å². The van der Waals surface area contributed by atoms with Crippen LogP contribution in [-0.2, 0) is 11.3 Å². The molecule has 0 bridgehead atoms. The molecule has 0 aliphatic rings. The minimum Gasteiger partial charge on any atom is -0.489 e. The van der Waals surface area contributed by atoms with Gasteiger partial charge in [-0.3, -0.25) is 0 Å². The van der Waals surface area contributed by atoms with Crippen molar-refractivity contribution in [3.05, 3.63) is 65.4 Å². The largest absolute Gasteiger partial charge is 0.489 e. The minimum atomic E-state index is -0.678. The summed E-state index contributed by atoms with van der Waals surface area (Å²) >= 11 is 0. The van der Waals surface area contributed by atoms with E-state index in [1.54, 1.807) is 31.2 Å². The Labute approximate surface area is 147 Å². The Balaban J connectivity index is 1.81. The summed E-state index contributed by atoms with van der Waals surface area (Å²) in [5.74, 6) is -1.59. The molecule has 8 heteroatoms. The summed E-state index contributed by atoms with van der Waals surface area (Å²) in [6.07, 6.45) is 0. The van der Waals surface area contributed by atoms with E-state index in [9.17, 15) is 13.6 Å². The van der Waals surface area contributed by atoms with Gasteiger partial charge in [0.2, 0.25) is 0 Å². The van der Waals surface area contributed by atoms with Gasteiger partial charge in [0.15, 0.2) is 5.69 Å². The second-order valence-corrected chi connectivity index (χ2v) is 5.26. The average molecular weight is 359 g/mol. The summed E-state index contributed by atoms with van der Waals surface area (Å²) in [6.45, 7) is 1.63. The molecular formula is C18H15F2N3O3. The predicted octanol–water partition coefficient (Wildman–Crippen LogP) is 3.51. The Bertz CT molecular complexity index is 907. The monoisotopic (exact) mass is 359 g/mol. The lowest BCUT2D eigenvalue weighted by Gasteiger charge is -2.09. The average Bonchev–Trinajstić information content (AvgIpc) is 3.12. The van der Waals surface area contributed by atoms with Crippen LogP contribution in [0.3, 0.4) is 0 Å². The van der Waals surface area contributed by atoms with Crippen LogP contribution in [0.4, 0.5) is 8.78 Å². The molecule has 0 saturated carbocycles. The summed E-state index contributed by atoms with van der Waals surface area (Å²) in [4.78, 5) is 11.9. The van der Waals surface area contributed by atoms with E-state index >= 15 is 0 Å². The molecule has 3 aromatic rings. The Hall–Kier alpha value is -3.29. The molecule has 0 radical (unpaired) electrons. The molecule has 2 aromatic carbocycles. The van der Waals surface area contributed by atoms with E-state index in [2.05, 4.69) is 15.4 Å². The van der Waals surface area contributed by atoms with Crippen molar-refractivity contribution < 1.29 is 23.0 Å². The summed E-state index contributed by atoms with van der Waals surface area (Å²) in [7, 11) is 0. The van der Waals surface area contributed by atoms with Crippen molar-refractivity contribution in [2.45, 2.75) is 13.5 Å². The fourth-order valence-electron chi connectivity index (χ4n) is 2.33. The van der Waals surface area contributed by atoms with Crippen LogP contribution in [0.15, 0.2) is 42.5 Å². The lowest BCUT2D eigenvalue weighted by Crippen LogP contribution is -2.07. The zero-order chi connectivity index (χ0) is 18.5. The molecule has 0 unspecified atom stereocenters. The standard InChI is InChI=1S/C18H15F2N3O3/c1-2-25-18(24)17-16(21-23-22-17)11-5-3-6-12(9-11)26-10-13-14(19)7-4-8-15(13)20/h3-9H,2,10H2,1H3,(H,21,22,23). The van der Waals surface area contributed by atoms with Gasteiger partial charge in [-0.2, -0.15) is 10.3 Å². The minimum absolute atomic E-state index is 0.0455. The van der Waals surface area contributed by atoms with E-state index < -0.39 is 17.6 Å². The molecule has 0 fully saturated rings. The Morgan fingerprint density at radius 2 is 1.85 bits per heavy atom. The van der Waals surface area contributed by atoms with Gasteiger partial charge < -0.3 is 9.47 Å². The second-order valence-electron chi connectivity index (χ2n) is 5.26. The first-order chi connectivity index (χ1) is 12.6. The zero-order valence-corrected chi connectivity index (χ0v) is 13.8. The van der Waals surface area contributed by atoms with Crippen LogP contribution in [-0.4, -0.2) is 28.0 Å². The van der Waals surface area contributed by atoms with Gasteiger partial charge in [-0.15, -0.1) is 5.10 Å². The number of benzene rings is 2. The summed E-state index contributed by atoms with van der Waals surface area (Å²) in [5, 5.41) is 10.2. The predicted molar refractivity (Wildman–Crippen MR) is 88.5 cm³/mol. The van der Waals surface area contributed by atoms with Crippen molar-refractivity contribution in [2.24, 2.45) is 0 Å². The number of hydrogen-bond donors (Lipinski definition) is 1. The number of carbonyl (C=O) groups excluding carboxylic acids is 1. The molecule has 6 nitrogen and oxygen atoms in total. The molecule has 0 amide bonds. The number of aromatic amines is 1. The molecule has 134 valence electrons. The van der Waals surface area contributed by atoms with Crippen molar-refractivity contribution in [2.75, 3.05) is 6.61 Å². The van der Waals surface area contributed by atoms with Crippen LogP contribution in [0.1, 0.15) is 23.0 Å². The van der Waals surface area contributed by atoms with Crippen molar-refractivity contribution in [1.29, 1.82) is 0 Å². The van der Waals surface area contributed by atoms with Gasteiger partial charge in [0.05, 0.1) is 12.2 Å². The third-order valence-corrected chi connectivity index (χ3v) is 3.57. The number of halogens is 2. The topological polar surface area (TPSA) is 77.1 Å². The molecule has 0 aliphatic heterocycles. The van der Waals surface area contributed by atoms with E-state index in [1.807, 2.05) is 0 Å². The number of nitrogens with one attached hydrogen (secondary N) is 1. The first-order valence-electron chi connectivity index (χ1n) is 7.84. The zero-order valence-electron chi connectivity index (χ0n) is 13.8. The Morgan fingerprint density at radius 1 is 1.12 bits per heavy atom. The number of aromatic nitrogens is 3. The quantitative estimate of drug-likeness (QED) is 0.682. The maximum Gasteiger partial charge on any atom is 0.361 e. The third kappa shape index (κ3) is 3.69. The number of rotatable bonds is 6. The van der Waals surface area contributed by atoms with E-state index in [1.165, 1.54) is 18.2 Å². The van der Waals surface area contributed by atoms with Gasteiger partial charge in [-0.05, 0) is 31.2 Å². The number of esters is 1. The third-order valence-electron chi connectivity index (χ3n) is 3.57. The van der Waals surface area contributed by atoms with Crippen LogP contribution in [0, 0.1) is 11.6 Å². The smallest absolute Gasteiger partial charge is 0.361 e. The molecule has 0 atom stereocenters. The fraction of sp³-hybridized carbons (Fsp3) is 0.167. The highest BCUT2D eigenvalue weighted by atomic mass is 19.1. The van der Waals surface area contributed by atoms with Crippen molar-refractivity contribution in [3.8, 4) is 17.0 Å². The van der Waals surface area contributed by atoms with Crippen LogP contribution in [0.5, 0.6) is 5.75 Å². The molecule has 0 saturated heterocycles. The molecule has 0 aliphatic carbocycles. The van der Waals surface area contributed by atoms with Crippen molar-refractivity contribution in [3.63, 3.8) is 0 Å². The molecule has 1 N–H and O–H groups in total. The number of hydrogen-bond acceptors (Lipinski definition) is 5. The van der Waals surface area contributed by atoms with Gasteiger partial charge in [-0.25, -0.2) is 13.6 Å². The highest BCUT2D eigenvalue weighted by Crippen LogP contribution is 2.25. The lowest BCUT2D eigenvalue weighted by atomic mass is 10.1. The normalized spacial score (nSPS) is 10.6. The summed E-state index contributed by atoms with van der Waals surface area (Å²) in [6, 6.07) is 10.2. The summed E-state index contributed by atoms with van der Waals surface area (Å²) < 4.78 is 37.8. The van der Waals surface area contributed by atoms with Gasteiger partial charge >= 0.3 is 5.97 Å². The summed E-state index contributed by atoms with van der Waals surface area (Å²) in [5.41, 5.74) is 0.731. The first-order valence-corrected chi connectivity index (χ1v) is 7.84. The van der Waals surface area contributed by atoms with E-state index in [0.29, 0.717) is 17.0 Å². The number of nitrogens with zero attached hydrogens (tertiary/aromatic N) is 2. The molecule has 0 spiro atoms. The Kier molecular flexibility index (Phi) is 5.21. The van der Waals surface area contributed by atoms with E-state index in [-0.39, 0.29) is 24.5 Å². The first kappa shape index (κ1) is 17.5. The van der Waals surface area contributed by atoms with Crippen LogP contribution in [0.25, 0.3) is 11.3 Å².